The molecule has 1 N–H and O–H groups in total. The Balaban J connectivity index is 2.21. The number of hydrogen-bond acceptors (Lipinski definition) is 3. The minimum Gasteiger partial charge on any atom is -0.481 e. The first-order valence-electron chi connectivity index (χ1n) is 5.79. The number of aromatic nitrogens is 2. The third-order valence-corrected chi connectivity index (χ3v) is 2.89. The number of ether oxygens (including phenoxy) is 1. The zero-order valence-corrected chi connectivity index (χ0v) is 11.0. The van der Waals surface area contributed by atoms with E-state index in [1.54, 1.807) is 18.8 Å². The van der Waals surface area contributed by atoms with Crippen molar-refractivity contribution in [2.24, 2.45) is 7.05 Å². The molecule has 1 heterocycles. The highest BCUT2D eigenvalue weighted by Crippen LogP contribution is 2.23. The van der Waals surface area contributed by atoms with Gasteiger partial charge in [0.2, 0.25) is 5.88 Å². The van der Waals surface area contributed by atoms with Crippen LogP contribution in [0.15, 0.2) is 18.2 Å². The molecule has 0 bridgehead atoms. The van der Waals surface area contributed by atoms with Crippen LogP contribution in [0.1, 0.15) is 11.3 Å². The first-order valence-corrected chi connectivity index (χ1v) is 5.79. The van der Waals surface area contributed by atoms with E-state index >= 15 is 0 Å². The van der Waals surface area contributed by atoms with Crippen LogP contribution >= 0.6 is 0 Å². The topological polar surface area (TPSA) is 39.1 Å². The molecule has 0 radical (unpaired) electrons. The van der Waals surface area contributed by atoms with Gasteiger partial charge in [-0.05, 0) is 19.1 Å². The van der Waals surface area contributed by atoms with Gasteiger partial charge in [0.15, 0.2) is 11.6 Å². The number of rotatable bonds is 4. The van der Waals surface area contributed by atoms with Gasteiger partial charge in [0.1, 0.15) is 0 Å². The first-order chi connectivity index (χ1) is 9.04. The summed E-state index contributed by atoms with van der Waals surface area (Å²) in [6.45, 7) is 2.14. The highest BCUT2D eigenvalue weighted by molar-refractivity contribution is 5.46. The molecule has 0 atom stereocenters. The number of methoxy groups -OCH3 is 1. The Hall–Kier alpha value is -2.11. The molecule has 102 valence electrons. The molecule has 6 heteroatoms. The quantitative estimate of drug-likeness (QED) is 0.925. The molecule has 0 aliphatic rings. The molecule has 1 aromatic carbocycles. The van der Waals surface area contributed by atoms with Gasteiger partial charge >= 0.3 is 0 Å². The van der Waals surface area contributed by atoms with E-state index in [4.69, 9.17) is 4.74 Å². The molecule has 0 unspecified atom stereocenters. The van der Waals surface area contributed by atoms with Crippen LogP contribution in [0.3, 0.4) is 0 Å². The number of anilines is 1. The van der Waals surface area contributed by atoms with Gasteiger partial charge in [0.25, 0.3) is 0 Å². The Bertz CT molecular complexity index is 596. The van der Waals surface area contributed by atoms with E-state index < -0.39 is 11.6 Å². The Labute approximate surface area is 110 Å². The maximum atomic E-state index is 13.5. The van der Waals surface area contributed by atoms with Crippen LogP contribution in [0.2, 0.25) is 0 Å². The van der Waals surface area contributed by atoms with Gasteiger partial charge in [-0.15, -0.1) is 0 Å². The van der Waals surface area contributed by atoms with E-state index in [-0.39, 0.29) is 5.69 Å². The van der Waals surface area contributed by atoms with Gasteiger partial charge in [-0.25, -0.2) is 13.5 Å². The molecule has 0 spiro atoms. The van der Waals surface area contributed by atoms with Gasteiger partial charge in [-0.1, -0.05) is 6.07 Å². The lowest BCUT2D eigenvalue weighted by atomic mass is 10.2. The lowest BCUT2D eigenvalue weighted by molar-refractivity contribution is 0.369. The summed E-state index contributed by atoms with van der Waals surface area (Å²) in [5, 5.41) is 7.07. The van der Waals surface area contributed by atoms with Crippen molar-refractivity contribution in [3.63, 3.8) is 0 Å². The number of halogens is 2. The number of nitrogens with zero attached hydrogens (tertiary/aromatic N) is 2. The van der Waals surface area contributed by atoms with E-state index in [0.717, 1.165) is 17.3 Å². The number of aryl methyl sites for hydroxylation is 2. The van der Waals surface area contributed by atoms with Crippen LogP contribution in [0.5, 0.6) is 5.88 Å². The average Bonchev–Trinajstić information content (AvgIpc) is 2.65. The second kappa shape index (κ2) is 5.26. The van der Waals surface area contributed by atoms with Crippen LogP contribution in [0, 0.1) is 18.6 Å². The molecular formula is C13H15F2N3O. The largest absolute Gasteiger partial charge is 0.481 e. The fraction of sp³-hybridized carbons (Fsp3) is 0.308. The summed E-state index contributed by atoms with van der Waals surface area (Å²) in [6, 6.07) is 4.01. The van der Waals surface area contributed by atoms with Crippen molar-refractivity contribution in [1.82, 2.24) is 9.78 Å². The Morgan fingerprint density at radius 2 is 2.11 bits per heavy atom. The van der Waals surface area contributed by atoms with Crippen molar-refractivity contribution >= 4 is 5.69 Å². The summed E-state index contributed by atoms with van der Waals surface area (Å²) >= 11 is 0. The van der Waals surface area contributed by atoms with E-state index in [9.17, 15) is 8.78 Å². The van der Waals surface area contributed by atoms with Gasteiger partial charge in [0.05, 0.1) is 24.1 Å². The minimum absolute atomic E-state index is 0.116. The third-order valence-electron chi connectivity index (χ3n) is 2.89. The lowest BCUT2D eigenvalue weighted by Crippen LogP contribution is -2.05. The predicted molar refractivity (Wildman–Crippen MR) is 68.2 cm³/mol. The molecule has 0 saturated heterocycles. The van der Waals surface area contributed by atoms with Crippen LogP contribution in [-0.4, -0.2) is 16.9 Å². The van der Waals surface area contributed by atoms with Crippen molar-refractivity contribution in [3.05, 3.63) is 41.1 Å². The van der Waals surface area contributed by atoms with Crippen LogP contribution in [0.4, 0.5) is 14.5 Å². The van der Waals surface area contributed by atoms with E-state index in [2.05, 4.69) is 10.4 Å². The Morgan fingerprint density at radius 3 is 2.79 bits per heavy atom. The zero-order valence-electron chi connectivity index (χ0n) is 11.0. The van der Waals surface area contributed by atoms with Crippen molar-refractivity contribution in [2.75, 3.05) is 12.4 Å². The van der Waals surface area contributed by atoms with Gasteiger partial charge in [-0.2, -0.15) is 5.10 Å². The van der Waals surface area contributed by atoms with Crippen molar-refractivity contribution in [2.45, 2.75) is 13.5 Å². The van der Waals surface area contributed by atoms with E-state index in [1.807, 2.05) is 6.92 Å². The summed E-state index contributed by atoms with van der Waals surface area (Å²) in [4.78, 5) is 0. The maximum absolute atomic E-state index is 13.5. The SMILES string of the molecule is COc1c(CNc2cccc(F)c2F)c(C)nn1C. The molecule has 0 fully saturated rings. The number of benzene rings is 1. The van der Waals surface area contributed by atoms with Crippen molar-refractivity contribution in [3.8, 4) is 5.88 Å². The normalized spacial score (nSPS) is 10.6. The second-order valence-electron chi connectivity index (χ2n) is 4.15. The van der Waals surface area contributed by atoms with Gasteiger partial charge in [-0.3, -0.25) is 0 Å². The minimum atomic E-state index is -0.886. The molecule has 19 heavy (non-hydrogen) atoms. The smallest absolute Gasteiger partial charge is 0.216 e. The molecule has 0 saturated carbocycles. The molecule has 2 aromatic rings. The molecule has 1 aromatic heterocycles. The maximum Gasteiger partial charge on any atom is 0.216 e. The van der Waals surface area contributed by atoms with Crippen LogP contribution in [0.25, 0.3) is 0 Å². The van der Waals surface area contributed by atoms with Crippen LogP contribution in [-0.2, 0) is 13.6 Å². The summed E-state index contributed by atoms with van der Waals surface area (Å²) in [5.74, 6) is -1.16. The molecule has 0 aliphatic heterocycles. The van der Waals surface area contributed by atoms with Crippen LogP contribution < -0.4 is 10.1 Å². The Morgan fingerprint density at radius 1 is 1.37 bits per heavy atom. The standard InChI is InChI=1S/C13H15F2N3O/c1-8-9(13(19-3)18(2)17-8)7-16-11-6-4-5-10(14)12(11)15/h4-6,16H,7H2,1-3H3. The number of hydrogen-bond donors (Lipinski definition) is 1. The fourth-order valence-electron chi connectivity index (χ4n) is 1.96. The molecule has 4 nitrogen and oxygen atoms in total. The highest BCUT2D eigenvalue weighted by Gasteiger charge is 2.14. The van der Waals surface area contributed by atoms with Gasteiger partial charge < -0.3 is 10.1 Å². The summed E-state index contributed by atoms with van der Waals surface area (Å²) < 4.78 is 33.4. The lowest BCUT2D eigenvalue weighted by Gasteiger charge is -2.09. The average molecular weight is 267 g/mol. The predicted octanol–water partition coefficient (Wildman–Crippen LogP) is 2.63. The molecule has 2 rings (SSSR count). The Kier molecular flexibility index (Phi) is 3.69. The highest BCUT2D eigenvalue weighted by atomic mass is 19.2. The molecular weight excluding hydrogens is 252 g/mol. The first kappa shape index (κ1) is 13.3. The summed E-state index contributed by atoms with van der Waals surface area (Å²) in [7, 11) is 3.31. The van der Waals surface area contributed by atoms with E-state index in [1.165, 1.54) is 12.1 Å². The molecule has 0 amide bonds. The van der Waals surface area contributed by atoms with Gasteiger partial charge in [0, 0.05) is 13.6 Å². The third kappa shape index (κ3) is 2.52. The molecule has 0 aliphatic carbocycles. The second-order valence-corrected chi connectivity index (χ2v) is 4.15. The van der Waals surface area contributed by atoms with Crippen molar-refractivity contribution < 1.29 is 13.5 Å². The number of nitrogens with one attached hydrogen (secondary N) is 1. The monoisotopic (exact) mass is 267 g/mol. The van der Waals surface area contributed by atoms with E-state index in [0.29, 0.717) is 12.4 Å². The zero-order chi connectivity index (χ0) is 14.0. The van der Waals surface area contributed by atoms with Crippen molar-refractivity contribution in [1.29, 1.82) is 0 Å². The summed E-state index contributed by atoms with van der Waals surface area (Å²) in [6.07, 6.45) is 0. The summed E-state index contributed by atoms with van der Waals surface area (Å²) in [5.41, 5.74) is 1.71. The fourth-order valence-corrected chi connectivity index (χ4v) is 1.96.